The molecular weight excluding hydrogens is 234 g/mol. The van der Waals surface area contributed by atoms with Gasteiger partial charge in [0.25, 0.3) is 0 Å². The number of pyridine rings is 1. The minimum Gasteiger partial charge on any atom is -0.478 e. The Bertz CT molecular complexity index is 737. The van der Waals surface area contributed by atoms with Crippen LogP contribution in [0.1, 0.15) is 10.4 Å². The summed E-state index contributed by atoms with van der Waals surface area (Å²) in [5.74, 6) is -0.530. The average Bonchev–Trinajstić information content (AvgIpc) is 2.88. The number of nitrogens with zero attached hydrogens (tertiary/aromatic N) is 5. The van der Waals surface area contributed by atoms with E-state index in [1.807, 2.05) is 0 Å². The molecule has 0 aromatic carbocycles. The van der Waals surface area contributed by atoms with Crippen LogP contribution in [0, 0.1) is 0 Å². The van der Waals surface area contributed by atoms with E-state index in [-0.39, 0.29) is 5.56 Å². The molecule has 0 aliphatic carbocycles. The van der Waals surface area contributed by atoms with Crippen molar-refractivity contribution < 1.29 is 9.90 Å². The molecular formula is C11H7N5O2. The molecule has 0 aliphatic rings. The highest BCUT2D eigenvalue weighted by atomic mass is 16.4. The number of hydrogen-bond acceptors (Lipinski definition) is 5. The van der Waals surface area contributed by atoms with Crippen molar-refractivity contribution in [3.05, 3.63) is 42.5 Å². The second-order valence-corrected chi connectivity index (χ2v) is 3.55. The lowest BCUT2D eigenvalue weighted by atomic mass is 10.4. The van der Waals surface area contributed by atoms with Crippen LogP contribution in [0.25, 0.3) is 17.0 Å². The fourth-order valence-electron chi connectivity index (χ4n) is 1.53. The van der Waals surface area contributed by atoms with Crippen molar-refractivity contribution in [2.45, 2.75) is 0 Å². The van der Waals surface area contributed by atoms with E-state index in [0.29, 0.717) is 17.0 Å². The Hall–Kier alpha value is -2.83. The smallest absolute Gasteiger partial charge is 0.338 e. The van der Waals surface area contributed by atoms with Crippen molar-refractivity contribution >= 4 is 17.1 Å². The lowest BCUT2D eigenvalue weighted by Crippen LogP contribution is -1.99. The van der Waals surface area contributed by atoms with Gasteiger partial charge in [0.2, 0.25) is 0 Å². The molecule has 0 radical (unpaired) electrons. The van der Waals surface area contributed by atoms with Gasteiger partial charge in [-0.15, -0.1) is 0 Å². The summed E-state index contributed by atoms with van der Waals surface area (Å²) in [6, 6.07) is 3.46. The zero-order chi connectivity index (χ0) is 12.5. The van der Waals surface area contributed by atoms with Crippen molar-refractivity contribution in [2.24, 2.45) is 0 Å². The Kier molecular flexibility index (Phi) is 2.23. The Labute approximate surface area is 101 Å². The van der Waals surface area contributed by atoms with Crippen LogP contribution < -0.4 is 0 Å². The van der Waals surface area contributed by atoms with Gasteiger partial charge in [-0.3, -0.25) is 4.98 Å². The summed E-state index contributed by atoms with van der Waals surface area (Å²) in [6.07, 6.45) is 5.79. The van der Waals surface area contributed by atoms with Crippen LogP contribution in [0.2, 0.25) is 0 Å². The Morgan fingerprint density at radius 2 is 2.06 bits per heavy atom. The highest BCUT2D eigenvalue weighted by Gasteiger charge is 2.08. The summed E-state index contributed by atoms with van der Waals surface area (Å²) in [4.78, 5) is 23.2. The van der Waals surface area contributed by atoms with Crippen LogP contribution in [0.3, 0.4) is 0 Å². The maximum atomic E-state index is 10.8. The molecule has 7 heteroatoms. The molecule has 3 heterocycles. The Morgan fingerprint density at radius 1 is 1.22 bits per heavy atom. The summed E-state index contributed by atoms with van der Waals surface area (Å²) >= 11 is 0. The van der Waals surface area contributed by atoms with E-state index in [9.17, 15) is 4.79 Å². The molecule has 0 spiro atoms. The number of hydrogen-bond donors (Lipinski definition) is 1. The van der Waals surface area contributed by atoms with E-state index in [4.69, 9.17) is 5.11 Å². The quantitative estimate of drug-likeness (QED) is 0.716. The van der Waals surface area contributed by atoms with Crippen LogP contribution in [-0.4, -0.2) is 35.8 Å². The van der Waals surface area contributed by atoms with Gasteiger partial charge in [0.15, 0.2) is 11.5 Å². The molecule has 0 bridgehead atoms. The van der Waals surface area contributed by atoms with Crippen LogP contribution >= 0.6 is 0 Å². The number of fused-ring (bicyclic) bond motifs is 1. The van der Waals surface area contributed by atoms with Gasteiger partial charge in [-0.1, -0.05) is 0 Å². The number of carboxylic acids is 1. The van der Waals surface area contributed by atoms with Crippen LogP contribution in [-0.2, 0) is 0 Å². The highest BCUT2D eigenvalue weighted by Crippen LogP contribution is 2.10. The molecule has 0 atom stereocenters. The SMILES string of the molecule is O=C(O)c1cnn(-c2ccc3nccnc3n2)c1. The topological polar surface area (TPSA) is 93.8 Å². The van der Waals surface area contributed by atoms with E-state index in [1.54, 1.807) is 24.5 Å². The predicted molar refractivity (Wildman–Crippen MR) is 61.4 cm³/mol. The second-order valence-electron chi connectivity index (χ2n) is 3.55. The van der Waals surface area contributed by atoms with Crippen molar-refractivity contribution in [1.29, 1.82) is 0 Å². The maximum Gasteiger partial charge on any atom is 0.338 e. The fraction of sp³-hybridized carbons (Fsp3) is 0. The number of aromatic carboxylic acids is 1. The van der Waals surface area contributed by atoms with E-state index < -0.39 is 5.97 Å². The molecule has 3 rings (SSSR count). The fourth-order valence-corrected chi connectivity index (χ4v) is 1.53. The summed E-state index contributed by atoms with van der Waals surface area (Å²) in [5, 5.41) is 12.8. The molecule has 3 aromatic heterocycles. The summed E-state index contributed by atoms with van der Waals surface area (Å²) < 4.78 is 1.39. The zero-order valence-electron chi connectivity index (χ0n) is 9.06. The van der Waals surface area contributed by atoms with Gasteiger partial charge >= 0.3 is 5.97 Å². The number of rotatable bonds is 2. The molecule has 1 N–H and O–H groups in total. The monoisotopic (exact) mass is 241 g/mol. The van der Waals surface area contributed by atoms with E-state index in [0.717, 1.165) is 0 Å². The standard InChI is InChI=1S/C11H7N5O2/c17-11(18)7-5-14-16(6-7)9-2-1-8-10(15-9)13-4-3-12-8/h1-6H,(H,17,18). The van der Waals surface area contributed by atoms with Crippen molar-refractivity contribution in [3.8, 4) is 5.82 Å². The Balaban J connectivity index is 2.10. The normalized spacial score (nSPS) is 10.7. The largest absolute Gasteiger partial charge is 0.478 e. The zero-order valence-corrected chi connectivity index (χ0v) is 9.06. The van der Waals surface area contributed by atoms with Crippen molar-refractivity contribution in [3.63, 3.8) is 0 Å². The van der Waals surface area contributed by atoms with E-state index in [1.165, 1.54) is 17.1 Å². The lowest BCUT2D eigenvalue weighted by molar-refractivity contribution is 0.0697. The molecule has 7 nitrogen and oxygen atoms in total. The second kappa shape index (κ2) is 3.88. The third-order valence-corrected chi connectivity index (χ3v) is 2.38. The van der Waals surface area contributed by atoms with Gasteiger partial charge in [-0.2, -0.15) is 5.10 Å². The minimum absolute atomic E-state index is 0.107. The van der Waals surface area contributed by atoms with Gasteiger partial charge < -0.3 is 5.11 Å². The first-order chi connectivity index (χ1) is 8.74. The van der Waals surface area contributed by atoms with E-state index in [2.05, 4.69) is 20.1 Å². The first kappa shape index (κ1) is 10.3. The van der Waals surface area contributed by atoms with Gasteiger partial charge in [0, 0.05) is 18.6 Å². The molecule has 0 unspecified atom stereocenters. The summed E-state index contributed by atoms with van der Waals surface area (Å²) in [7, 11) is 0. The maximum absolute atomic E-state index is 10.8. The molecule has 0 fully saturated rings. The molecule has 88 valence electrons. The van der Waals surface area contributed by atoms with E-state index >= 15 is 0 Å². The summed E-state index contributed by atoms with van der Waals surface area (Å²) in [6.45, 7) is 0. The number of carboxylic acid groups (broad SMARTS) is 1. The molecule has 3 aromatic rings. The Morgan fingerprint density at radius 3 is 2.83 bits per heavy atom. The predicted octanol–water partition coefficient (Wildman–Crippen LogP) is 0.909. The molecule has 0 saturated heterocycles. The van der Waals surface area contributed by atoms with Crippen molar-refractivity contribution in [1.82, 2.24) is 24.7 Å². The molecule has 0 aliphatic heterocycles. The average molecular weight is 241 g/mol. The minimum atomic E-state index is -1.03. The number of carbonyl (C=O) groups is 1. The first-order valence-corrected chi connectivity index (χ1v) is 5.10. The third kappa shape index (κ3) is 1.67. The molecule has 18 heavy (non-hydrogen) atoms. The van der Waals surface area contributed by atoms with Gasteiger partial charge in [-0.25, -0.2) is 19.4 Å². The number of aromatic nitrogens is 5. The first-order valence-electron chi connectivity index (χ1n) is 5.10. The van der Waals surface area contributed by atoms with Crippen LogP contribution in [0.5, 0.6) is 0 Å². The van der Waals surface area contributed by atoms with Crippen LogP contribution in [0.15, 0.2) is 36.9 Å². The van der Waals surface area contributed by atoms with Crippen molar-refractivity contribution in [2.75, 3.05) is 0 Å². The van der Waals surface area contributed by atoms with Gasteiger partial charge in [-0.05, 0) is 12.1 Å². The molecule has 0 amide bonds. The molecule has 0 saturated carbocycles. The highest BCUT2D eigenvalue weighted by molar-refractivity contribution is 5.87. The van der Waals surface area contributed by atoms with Gasteiger partial charge in [0.1, 0.15) is 5.52 Å². The van der Waals surface area contributed by atoms with Gasteiger partial charge in [0.05, 0.1) is 11.8 Å². The van der Waals surface area contributed by atoms with Crippen LogP contribution in [0.4, 0.5) is 0 Å². The lowest BCUT2D eigenvalue weighted by Gasteiger charge is -2.00. The third-order valence-electron chi connectivity index (χ3n) is 2.38. The summed E-state index contributed by atoms with van der Waals surface area (Å²) in [5.41, 5.74) is 1.27.